The highest BCUT2D eigenvalue weighted by Crippen LogP contribution is 2.42. The van der Waals surface area contributed by atoms with Gasteiger partial charge in [-0.15, -0.1) is 0 Å². The number of aryl methyl sites for hydroxylation is 2. The zero-order valence-corrected chi connectivity index (χ0v) is 15.4. The van der Waals surface area contributed by atoms with Crippen molar-refractivity contribution in [1.82, 2.24) is 29.8 Å². The van der Waals surface area contributed by atoms with E-state index in [0.717, 1.165) is 25.7 Å². The standard InChI is InChI=1S/C19H30N6/c1-3-24-14-15(12-22-24)11-20-13-16-5-4-10-25(17-6-7-17)19(16)18-8-9-21-23(18)2/h8-9,12,14,16-17,19-20H,3-7,10-11,13H2,1-2H3/t16-,19+/m0/s1. The number of aromatic nitrogens is 4. The molecule has 1 aliphatic heterocycles. The maximum atomic E-state index is 4.44. The SMILES string of the molecule is CCn1cc(CNC[C@@H]2CCCN(C3CC3)[C@H]2c2ccnn2C)cn1. The lowest BCUT2D eigenvalue weighted by molar-refractivity contribution is 0.0777. The molecule has 0 unspecified atom stereocenters. The van der Waals surface area contributed by atoms with Crippen LogP contribution in [-0.2, 0) is 20.1 Å². The number of rotatable bonds is 7. The van der Waals surface area contributed by atoms with Gasteiger partial charge in [0.1, 0.15) is 0 Å². The first kappa shape index (κ1) is 16.8. The van der Waals surface area contributed by atoms with Crippen LogP contribution in [0.2, 0.25) is 0 Å². The van der Waals surface area contributed by atoms with Gasteiger partial charge in [-0.3, -0.25) is 14.3 Å². The van der Waals surface area contributed by atoms with Crippen molar-refractivity contribution in [3.05, 3.63) is 35.9 Å². The summed E-state index contributed by atoms with van der Waals surface area (Å²) in [4.78, 5) is 2.75. The predicted octanol–water partition coefficient (Wildman–Crippen LogP) is 2.34. The molecule has 25 heavy (non-hydrogen) atoms. The maximum absolute atomic E-state index is 4.44. The molecule has 136 valence electrons. The third kappa shape index (κ3) is 3.65. The summed E-state index contributed by atoms with van der Waals surface area (Å²) >= 11 is 0. The van der Waals surface area contributed by atoms with E-state index >= 15 is 0 Å². The molecular formula is C19H30N6. The van der Waals surface area contributed by atoms with E-state index in [0.29, 0.717) is 12.0 Å². The fraction of sp³-hybridized carbons (Fsp3) is 0.684. The summed E-state index contributed by atoms with van der Waals surface area (Å²) in [7, 11) is 2.08. The second-order valence-electron chi connectivity index (χ2n) is 7.53. The number of piperidine rings is 1. The summed E-state index contributed by atoms with van der Waals surface area (Å²) in [6.45, 7) is 6.24. The van der Waals surface area contributed by atoms with Crippen molar-refractivity contribution in [1.29, 1.82) is 0 Å². The van der Waals surface area contributed by atoms with Crippen LogP contribution in [0.15, 0.2) is 24.7 Å². The number of nitrogens with one attached hydrogen (secondary N) is 1. The molecule has 6 nitrogen and oxygen atoms in total. The van der Waals surface area contributed by atoms with Gasteiger partial charge in [-0.2, -0.15) is 10.2 Å². The molecule has 0 radical (unpaired) electrons. The predicted molar refractivity (Wildman–Crippen MR) is 98.0 cm³/mol. The zero-order chi connectivity index (χ0) is 17.2. The first-order valence-corrected chi connectivity index (χ1v) is 9.72. The Kier molecular flexibility index (Phi) is 4.90. The molecule has 1 aliphatic carbocycles. The Morgan fingerprint density at radius 3 is 2.80 bits per heavy atom. The van der Waals surface area contributed by atoms with E-state index in [2.05, 4.69) is 51.3 Å². The van der Waals surface area contributed by atoms with Crippen LogP contribution in [0.4, 0.5) is 0 Å². The zero-order valence-electron chi connectivity index (χ0n) is 15.4. The first-order chi connectivity index (χ1) is 12.3. The summed E-state index contributed by atoms with van der Waals surface area (Å²) in [5.74, 6) is 0.644. The summed E-state index contributed by atoms with van der Waals surface area (Å²) in [5, 5.41) is 12.5. The van der Waals surface area contributed by atoms with E-state index in [9.17, 15) is 0 Å². The molecule has 2 aromatic heterocycles. The Morgan fingerprint density at radius 2 is 2.12 bits per heavy atom. The molecular weight excluding hydrogens is 312 g/mol. The number of nitrogens with zero attached hydrogens (tertiary/aromatic N) is 5. The Bertz CT molecular complexity index is 686. The van der Waals surface area contributed by atoms with Gasteiger partial charge in [0.25, 0.3) is 0 Å². The van der Waals surface area contributed by atoms with Crippen LogP contribution in [-0.4, -0.2) is 43.6 Å². The van der Waals surface area contributed by atoms with Crippen LogP contribution in [0.25, 0.3) is 0 Å². The van der Waals surface area contributed by atoms with E-state index in [1.54, 1.807) is 0 Å². The summed E-state index contributed by atoms with van der Waals surface area (Å²) in [6, 6.07) is 3.51. The maximum Gasteiger partial charge on any atom is 0.0560 e. The lowest BCUT2D eigenvalue weighted by Gasteiger charge is -2.42. The average molecular weight is 342 g/mol. The molecule has 0 amide bonds. The van der Waals surface area contributed by atoms with Crippen molar-refractivity contribution >= 4 is 0 Å². The highest BCUT2D eigenvalue weighted by atomic mass is 15.3. The molecule has 1 saturated carbocycles. The van der Waals surface area contributed by atoms with E-state index < -0.39 is 0 Å². The van der Waals surface area contributed by atoms with Gasteiger partial charge in [0.2, 0.25) is 0 Å². The quantitative estimate of drug-likeness (QED) is 0.839. The third-order valence-electron chi connectivity index (χ3n) is 5.72. The normalized spacial score (nSPS) is 24.7. The minimum Gasteiger partial charge on any atom is -0.312 e. The third-order valence-corrected chi connectivity index (χ3v) is 5.72. The van der Waals surface area contributed by atoms with E-state index in [-0.39, 0.29) is 0 Å². The Balaban J connectivity index is 1.43. The second-order valence-corrected chi connectivity index (χ2v) is 7.53. The molecule has 2 aliphatic rings. The van der Waals surface area contributed by atoms with Gasteiger partial charge in [0.15, 0.2) is 0 Å². The molecule has 0 bridgehead atoms. The highest BCUT2D eigenvalue weighted by molar-refractivity contribution is 5.12. The Morgan fingerprint density at radius 1 is 1.24 bits per heavy atom. The lowest BCUT2D eigenvalue weighted by atomic mass is 9.86. The van der Waals surface area contributed by atoms with Crippen molar-refractivity contribution in [2.24, 2.45) is 13.0 Å². The number of hydrogen-bond donors (Lipinski definition) is 1. The van der Waals surface area contributed by atoms with Crippen molar-refractivity contribution in [2.75, 3.05) is 13.1 Å². The molecule has 0 spiro atoms. The number of hydrogen-bond acceptors (Lipinski definition) is 4. The summed E-state index contributed by atoms with van der Waals surface area (Å²) < 4.78 is 4.06. The highest BCUT2D eigenvalue weighted by Gasteiger charge is 2.41. The minimum atomic E-state index is 0.500. The summed E-state index contributed by atoms with van der Waals surface area (Å²) in [6.07, 6.45) is 11.4. The topological polar surface area (TPSA) is 50.9 Å². The van der Waals surface area contributed by atoms with Gasteiger partial charge in [-0.05, 0) is 51.1 Å². The van der Waals surface area contributed by atoms with Crippen molar-refractivity contribution in [3.8, 4) is 0 Å². The molecule has 2 aromatic rings. The van der Waals surface area contributed by atoms with Crippen LogP contribution >= 0.6 is 0 Å². The largest absolute Gasteiger partial charge is 0.312 e. The molecule has 2 fully saturated rings. The van der Waals surface area contributed by atoms with Crippen LogP contribution in [0.3, 0.4) is 0 Å². The van der Waals surface area contributed by atoms with Gasteiger partial charge < -0.3 is 5.32 Å². The monoisotopic (exact) mass is 342 g/mol. The fourth-order valence-electron chi connectivity index (χ4n) is 4.29. The molecule has 1 saturated heterocycles. The van der Waals surface area contributed by atoms with Crippen LogP contribution in [0.5, 0.6) is 0 Å². The minimum absolute atomic E-state index is 0.500. The van der Waals surface area contributed by atoms with Gasteiger partial charge in [-0.1, -0.05) is 0 Å². The smallest absolute Gasteiger partial charge is 0.0560 e. The molecule has 3 heterocycles. The average Bonchev–Trinajstić information content (AvgIpc) is 3.23. The van der Waals surface area contributed by atoms with Gasteiger partial charge in [0, 0.05) is 50.7 Å². The van der Waals surface area contributed by atoms with E-state index in [1.807, 2.05) is 17.1 Å². The Hall–Kier alpha value is -1.66. The molecule has 4 rings (SSSR count). The lowest BCUT2D eigenvalue weighted by Crippen LogP contribution is -2.44. The van der Waals surface area contributed by atoms with E-state index in [4.69, 9.17) is 0 Å². The van der Waals surface area contributed by atoms with Crippen molar-refractivity contribution < 1.29 is 0 Å². The van der Waals surface area contributed by atoms with Crippen LogP contribution in [0, 0.1) is 5.92 Å². The van der Waals surface area contributed by atoms with Gasteiger partial charge in [-0.25, -0.2) is 0 Å². The first-order valence-electron chi connectivity index (χ1n) is 9.72. The molecule has 2 atom stereocenters. The van der Waals surface area contributed by atoms with Crippen LogP contribution < -0.4 is 5.32 Å². The Labute approximate surface area is 150 Å². The van der Waals surface area contributed by atoms with E-state index in [1.165, 1.54) is 43.5 Å². The van der Waals surface area contributed by atoms with Gasteiger partial charge >= 0.3 is 0 Å². The molecule has 0 aromatic carbocycles. The molecule has 6 heteroatoms. The van der Waals surface area contributed by atoms with Crippen molar-refractivity contribution in [2.45, 2.75) is 57.8 Å². The molecule has 1 N–H and O–H groups in total. The second kappa shape index (κ2) is 7.30. The number of likely N-dealkylation sites (tertiary alicyclic amines) is 1. The fourth-order valence-corrected chi connectivity index (χ4v) is 4.29. The van der Waals surface area contributed by atoms with Crippen LogP contribution in [0.1, 0.15) is 49.9 Å². The van der Waals surface area contributed by atoms with Gasteiger partial charge in [0.05, 0.1) is 17.9 Å². The summed E-state index contributed by atoms with van der Waals surface area (Å²) in [5.41, 5.74) is 2.64. The van der Waals surface area contributed by atoms with Crippen molar-refractivity contribution in [3.63, 3.8) is 0 Å².